The van der Waals surface area contributed by atoms with E-state index in [4.69, 9.17) is 23.2 Å². The van der Waals surface area contributed by atoms with Crippen molar-refractivity contribution >= 4 is 51.7 Å². The third-order valence-electron chi connectivity index (χ3n) is 3.64. The number of hydrogen-bond donors (Lipinski definition) is 1. The Morgan fingerprint density at radius 2 is 2.00 bits per heavy atom. The molecule has 0 atom stereocenters. The van der Waals surface area contributed by atoms with Gasteiger partial charge >= 0.3 is 0 Å². The van der Waals surface area contributed by atoms with E-state index in [-0.39, 0.29) is 5.91 Å². The zero-order valence-electron chi connectivity index (χ0n) is 11.1. The van der Waals surface area contributed by atoms with Crippen LogP contribution in [0.2, 0.25) is 10.0 Å². The van der Waals surface area contributed by atoms with E-state index in [0.29, 0.717) is 25.7 Å². The third-order valence-corrected chi connectivity index (χ3v) is 5.63. The van der Waals surface area contributed by atoms with Crippen molar-refractivity contribution < 1.29 is 9.90 Å². The Morgan fingerprint density at radius 1 is 1.40 bits per heavy atom. The highest BCUT2D eigenvalue weighted by molar-refractivity contribution is 14.1. The van der Waals surface area contributed by atoms with Crippen molar-refractivity contribution in [3.05, 3.63) is 31.3 Å². The molecular weight excluding hydrogens is 412 g/mol. The van der Waals surface area contributed by atoms with Gasteiger partial charge in [-0.3, -0.25) is 4.79 Å². The van der Waals surface area contributed by atoms with Crippen molar-refractivity contribution in [1.82, 2.24) is 4.90 Å². The molecule has 0 aliphatic heterocycles. The highest BCUT2D eigenvalue weighted by Gasteiger charge is 2.34. The lowest BCUT2D eigenvalue weighted by Crippen LogP contribution is -2.42. The Hall–Kier alpha value is -0.0400. The van der Waals surface area contributed by atoms with Crippen molar-refractivity contribution in [2.45, 2.75) is 31.3 Å². The zero-order valence-corrected chi connectivity index (χ0v) is 14.8. The molecule has 1 aliphatic carbocycles. The molecule has 3 nitrogen and oxygen atoms in total. The quantitative estimate of drug-likeness (QED) is 0.585. The van der Waals surface area contributed by atoms with Gasteiger partial charge < -0.3 is 10.0 Å². The number of nitrogens with zero attached hydrogens (tertiary/aromatic N) is 1. The molecule has 1 N–H and O–H groups in total. The molecule has 0 heterocycles. The van der Waals surface area contributed by atoms with Gasteiger partial charge in [0.15, 0.2) is 0 Å². The van der Waals surface area contributed by atoms with E-state index in [1.807, 2.05) is 22.6 Å². The fraction of sp³-hybridized carbons (Fsp3) is 0.500. The molecule has 1 aliphatic rings. The fourth-order valence-electron chi connectivity index (χ4n) is 2.62. The van der Waals surface area contributed by atoms with Gasteiger partial charge in [0.05, 0.1) is 16.2 Å². The smallest absolute Gasteiger partial charge is 0.254 e. The molecule has 1 amide bonds. The Labute approximate surface area is 142 Å². The molecule has 0 radical (unpaired) electrons. The predicted molar refractivity (Wildman–Crippen MR) is 89.6 cm³/mol. The molecule has 1 aromatic rings. The summed E-state index contributed by atoms with van der Waals surface area (Å²) < 4.78 is 0.684. The summed E-state index contributed by atoms with van der Waals surface area (Å²) in [5.74, 6) is -0.167. The summed E-state index contributed by atoms with van der Waals surface area (Å²) in [6.07, 6.45) is 3.52. The van der Waals surface area contributed by atoms with Crippen LogP contribution in [0.1, 0.15) is 36.0 Å². The molecule has 6 heteroatoms. The normalized spacial score (nSPS) is 17.2. The summed E-state index contributed by atoms with van der Waals surface area (Å²) in [4.78, 5) is 14.0. The molecule has 110 valence electrons. The van der Waals surface area contributed by atoms with E-state index in [1.54, 1.807) is 24.1 Å². The summed E-state index contributed by atoms with van der Waals surface area (Å²) in [6.45, 7) is 0.339. The van der Waals surface area contributed by atoms with Gasteiger partial charge in [-0.25, -0.2) is 0 Å². The third kappa shape index (κ3) is 3.59. The van der Waals surface area contributed by atoms with Crippen LogP contribution in [-0.2, 0) is 0 Å². The second kappa shape index (κ2) is 6.38. The number of halogens is 3. The average molecular weight is 428 g/mol. The number of rotatable bonds is 3. The van der Waals surface area contributed by atoms with Crippen molar-refractivity contribution in [3.63, 3.8) is 0 Å². The second-order valence-corrected chi connectivity index (χ2v) is 7.26. The minimum absolute atomic E-state index is 0.167. The largest absolute Gasteiger partial charge is 0.388 e. The number of amides is 1. The van der Waals surface area contributed by atoms with Crippen LogP contribution in [0.4, 0.5) is 0 Å². The van der Waals surface area contributed by atoms with Gasteiger partial charge in [0, 0.05) is 22.2 Å². The molecule has 20 heavy (non-hydrogen) atoms. The molecule has 1 saturated carbocycles. The first-order chi connectivity index (χ1) is 9.32. The van der Waals surface area contributed by atoms with E-state index >= 15 is 0 Å². The lowest BCUT2D eigenvalue weighted by Gasteiger charge is -2.29. The molecular formula is C14H16Cl2INO2. The van der Waals surface area contributed by atoms with E-state index in [1.165, 1.54) is 0 Å². The summed E-state index contributed by atoms with van der Waals surface area (Å²) in [5, 5.41) is 11.3. The first kappa shape index (κ1) is 16.3. The summed E-state index contributed by atoms with van der Waals surface area (Å²) in [7, 11) is 1.70. The Morgan fingerprint density at radius 3 is 2.60 bits per heavy atom. The molecule has 0 spiro atoms. The van der Waals surface area contributed by atoms with Crippen LogP contribution in [-0.4, -0.2) is 35.1 Å². The number of carbonyl (C=O) groups excluding carboxylic acids is 1. The summed E-state index contributed by atoms with van der Waals surface area (Å²) in [5.41, 5.74) is -0.273. The first-order valence-electron chi connectivity index (χ1n) is 6.45. The Kier molecular flexibility index (Phi) is 5.21. The maximum Gasteiger partial charge on any atom is 0.254 e. The van der Waals surface area contributed by atoms with Crippen LogP contribution in [0.3, 0.4) is 0 Å². The van der Waals surface area contributed by atoms with E-state index < -0.39 is 5.60 Å². The van der Waals surface area contributed by atoms with Crippen molar-refractivity contribution in [1.29, 1.82) is 0 Å². The molecule has 0 saturated heterocycles. The van der Waals surface area contributed by atoms with Gasteiger partial charge in [-0.05, 0) is 47.6 Å². The number of hydrogen-bond acceptors (Lipinski definition) is 2. The average Bonchev–Trinajstić information content (AvgIpc) is 2.79. The number of aliphatic hydroxyl groups is 1. The van der Waals surface area contributed by atoms with E-state index in [9.17, 15) is 9.90 Å². The Balaban J connectivity index is 2.18. The Bertz CT molecular complexity index is 530. The lowest BCUT2D eigenvalue weighted by molar-refractivity contribution is 0.0156. The minimum Gasteiger partial charge on any atom is -0.388 e. The summed E-state index contributed by atoms with van der Waals surface area (Å²) in [6, 6.07) is 3.24. The van der Waals surface area contributed by atoms with Crippen LogP contribution in [0, 0.1) is 3.57 Å². The maximum atomic E-state index is 12.5. The molecule has 0 bridgehead atoms. The van der Waals surface area contributed by atoms with Gasteiger partial charge in [0.2, 0.25) is 0 Å². The van der Waals surface area contributed by atoms with Gasteiger partial charge in [0.1, 0.15) is 0 Å². The van der Waals surface area contributed by atoms with Crippen molar-refractivity contribution in [2.75, 3.05) is 13.6 Å². The van der Waals surface area contributed by atoms with Crippen molar-refractivity contribution in [2.24, 2.45) is 0 Å². The minimum atomic E-state index is -0.752. The van der Waals surface area contributed by atoms with Crippen LogP contribution >= 0.6 is 45.8 Å². The number of benzene rings is 1. The van der Waals surface area contributed by atoms with Crippen molar-refractivity contribution in [3.8, 4) is 0 Å². The van der Waals surface area contributed by atoms with Gasteiger partial charge in [-0.2, -0.15) is 0 Å². The molecule has 1 fully saturated rings. The molecule has 0 unspecified atom stereocenters. The summed E-state index contributed by atoms with van der Waals surface area (Å²) >= 11 is 14.1. The highest BCUT2D eigenvalue weighted by atomic mass is 127. The van der Waals surface area contributed by atoms with Gasteiger partial charge in [-0.15, -0.1) is 0 Å². The van der Waals surface area contributed by atoms with Crippen LogP contribution in [0.25, 0.3) is 0 Å². The SMILES string of the molecule is CN(CC1(O)CCCC1)C(=O)c1cc(Cl)cc(Cl)c1I. The zero-order chi connectivity index (χ0) is 14.9. The fourth-order valence-corrected chi connectivity index (χ4v) is 3.66. The second-order valence-electron chi connectivity index (χ2n) is 5.34. The number of likely N-dealkylation sites (N-methyl/N-ethyl adjacent to an activating group) is 1. The maximum absolute atomic E-state index is 12.5. The monoisotopic (exact) mass is 427 g/mol. The van der Waals surface area contributed by atoms with Crippen LogP contribution in [0.5, 0.6) is 0 Å². The van der Waals surface area contributed by atoms with E-state index in [0.717, 1.165) is 25.7 Å². The van der Waals surface area contributed by atoms with Gasteiger partial charge in [-0.1, -0.05) is 36.0 Å². The molecule has 1 aromatic carbocycles. The highest BCUT2D eigenvalue weighted by Crippen LogP contribution is 2.31. The number of carbonyl (C=O) groups is 1. The lowest BCUT2D eigenvalue weighted by atomic mass is 10.0. The topological polar surface area (TPSA) is 40.5 Å². The van der Waals surface area contributed by atoms with Gasteiger partial charge in [0.25, 0.3) is 5.91 Å². The molecule has 2 rings (SSSR count). The predicted octanol–water partition coefficient (Wildman–Crippen LogP) is 3.98. The standard InChI is InChI=1S/C14H16Cl2INO2/c1-18(8-14(20)4-2-3-5-14)13(19)10-6-9(15)7-11(16)12(10)17/h6-7,20H,2-5,8H2,1H3. The van der Waals surface area contributed by atoms with E-state index in [2.05, 4.69) is 0 Å². The van der Waals surface area contributed by atoms with Crippen LogP contribution in [0.15, 0.2) is 12.1 Å². The molecule has 0 aromatic heterocycles. The van der Waals surface area contributed by atoms with Crippen LogP contribution < -0.4 is 0 Å². The first-order valence-corrected chi connectivity index (χ1v) is 8.28.